The van der Waals surface area contributed by atoms with Crippen molar-refractivity contribution in [1.29, 1.82) is 0 Å². The molecule has 0 radical (unpaired) electrons. The fraction of sp³-hybridized carbons (Fsp3) is 0.562. The number of carbonyl (C=O) groups is 2. The van der Waals surface area contributed by atoms with E-state index in [1.54, 1.807) is 19.2 Å². The average Bonchev–Trinajstić information content (AvgIpc) is 3.02. The molecule has 3 rings (SSSR count). The van der Waals surface area contributed by atoms with Crippen molar-refractivity contribution in [2.45, 2.75) is 19.3 Å². The Bertz CT molecular complexity index is 554. The summed E-state index contributed by atoms with van der Waals surface area (Å²) in [4.78, 5) is 30.0. The van der Waals surface area contributed by atoms with Crippen LogP contribution in [0, 0.1) is 5.41 Å². The largest absolute Gasteiger partial charge is 0.354 e. The van der Waals surface area contributed by atoms with E-state index >= 15 is 0 Å². The van der Waals surface area contributed by atoms with Crippen LogP contribution in [0.1, 0.15) is 40.1 Å². The first-order chi connectivity index (χ1) is 10.6. The number of hydrogen-bond donors (Lipinski definition) is 2. The van der Waals surface area contributed by atoms with Crippen LogP contribution in [0.15, 0.2) is 18.3 Å². The third-order valence-electron chi connectivity index (χ3n) is 4.91. The lowest BCUT2D eigenvalue weighted by Crippen LogP contribution is -2.44. The number of pyridine rings is 1. The predicted molar refractivity (Wildman–Crippen MR) is 82.7 cm³/mol. The fourth-order valence-corrected chi connectivity index (χ4v) is 3.37. The van der Waals surface area contributed by atoms with Crippen molar-refractivity contribution >= 4 is 11.8 Å². The Hall–Kier alpha value is -1.95. The molecule has 0 unspecified atom stereocenters. The number of likely N-dealkylation sites (tertiary alicyclic amines) is 1. The smallest absolute Gasteiger partial charge is 0.269 e. The van der Waals surface area contributed by atoms with E-state index in [0.717, 1.165) is 39.0 Å². The van der Waals surface area contributed by atoms with Crippen molar-refractivity contribution in [3.8, 4) is 0 Å². The first-order valence-electron chi connectivity index (χ1n) is 7.82. The normalized spacial score (nSPS) is 20.1. The van der Waals surface area contributed by atoms with Gasteiger partial charge in [-0.05, 0) is 43.4 Å². The molecular weight excluding hydrogens is 280 g/mol. The first kappa shape index (κ1) is 15.0. The van der Waals surface area contributed by atoms with Crippen LogP contribution in [0.3, 0.4) is 0 Å². The predicted octanol–water partition coefficient (Wildman–Crippen LogP) is 0.657. The second-order valence-electron chi connectivity index (χ2n) is 6.23. The minimum atomic E-state index is -0.243. The number of carbonyl (C=O) groups excluding carboxylic acids is 2. The van der Waals surface area contributed by atoms with Gasteiger partial charge in [0.25, 0.3) is 11.8 Å². The van der Waals surface area contributed by atoms with Crippen LogP contribution in [0.4, 0.5) is 0 Å². The van der Waals surface area contributed by atoms with E-state index in [0.29, 0.717) is 16.7 Å². The van der Waals surface area contributed by atoms with E-state index in [2.05, 4.69) is 15.6 Å². The Morgan fingerprint density at radius 1 is 1.27 bits per heavy atom. The molecule has 2 saturated heterocycles. The number of hydrogen-bond acceptors (Lipinski definition) is 4. The van der Waals surface area contributed by atoms with Crippen molar-refractivity contribution in [2.24, 2.45) is 5.41 Å². The lowest BCUT2D eigenvalue weighted by atomic mass is 9.78. The van der Waals surface area contributed by atoms with Gasteiger partial charge in [-0.15, -0.1) is 0 Å². The van der Waals surface area contributed by atoms with Crippen molar-refractivity contribution < 1.29 is 9.59 Å². The van der Waals surface area contributed by atoms with Gasteiger partial charge in [-0.3, -0.25) is 14.6 Å². The Morgan fingerprint density at radius 3 is 2.59 bits per heavy atom. The molecule has 2 fully saturated rings. The van der Waals surface area contributed by atoms with E-state index in [9.17, 15) is 9.59 Å². The van der Waals surface area contributed by atoms with E-state index in [-0.39, 0.29) is 11.8 Å². The van der Waals surface area contributed by atoms with Crippen molar-refractivity contribution in [3.63, 3.8) is 0 Å². The van der Waals surface area contributed by atoms with Gasteiger partial charge >= 0.3 is 0 Å². The van der Waals surface area contributed by atoms with Gasteiger partial charge in [0.1, 0.15) is 5.69 Å². The molecule has 6 nitrogen and oxygen atoms in total. The molecule has 6 heteroatoms. The summed E-state index contributed by atoms with van der Waals surface area (Å²) >= 11 is 0. The van der Waals surface area contributed by atoms with Crippen LogP contribution in [-0.2, 0) is 0 Å². The summed E-state index contributed by atoms with van der Waals surface area (Å²) in [5, 5.41) is 5.95. The Balaban J connectivity index is 1.63. The molecular formula is C16H22N4O2. The molecule has 0 aliphatic carbocycles. The summed E-state index contributed by atoms with van der Waals surface area (Å²) in [6.07, 6.45) is 4.84. The zero-order chi connectivity index (χ0) is 15.6. The molecule has 0 atom stereocenters. The lowest BCUT2D eigenvalue weighted by molar-refractivity contribution is 0.0607. The number of nitrogens with zero attached hydrogens (tertiary/aromatic N) is 2. The third kappa shape index (κ3) is 2.83. The van der Waals surface area contributed by atoms with E-state index < -0.39 is 0 Å². The van der Waals surface area contributed by atoms with Crippen LogP contribution >= 0.6 is 0 Å². The van der Waals surface area contributed by atoms with Crippen LogP contribution in [0.2, 0.25) is 0 Å². The van der Waals surface area contributed by atoms with Gasteiger partial charge in [0, 0.05) is 32.9 Å². The monoisotopic (exact) mass is 302 g/mol. The summed E-state index contributed by atoms with van der Waals surface area (Å²) in [7, 11) is 1.56. The first-order valence-corrected chi connectivity index (χ1v) is 7.82. The molecule has 0 aromatic carbocycles. The summed E-state index contributed by atoms with van der Waals surface area (Å²) in [6, 6.07) is 3.28. The van der Waals surface area contributed by atoms with Gasteiger partial charge in [-0.25, -0.2) is 0 Å². The van der Waals surface area contributed by atoms with Crippen molar-refractivity contribution in [1.82, 2.24) is 20.5 Å². The summed E-state index contributed by atoms with van der Waals surface area (Å²) < 4.78 is 0. The molecule has 22 heavy (non-hydrogen) atoms. The second kappa shape index (κ2) is 6.04. The summed E-state index contributed by atoms with van der Waals surface area (Å²) in [5.74, 6) is -0.232. The van der Waals surface area contributed by atoms with Gasteiger partial charge in [-0.2, -0.15) is 0 Å². The molecule has 2 amide bonds. The van der Waals surface area contributed by atoms with Crippen molar-refractivity contribution in [3.05, 3.63) is 29.6 Å². The van der Waals surface area contributed by atoms with E-state index in [1.165, 1.54) is 12.6 Å². The van der Waals surface area contributed by atoms with Crippen LogP contribution in [0.25, 0.3) is 0 Å². The van der Waals surface area contributed by atoms with E-state index in [1.807, 2.05) is 4.90 Å². The SMILES string of the molecule is CNC(=O)c1ccc(C(=O)N2CCC3(CCNC3)CC2)cn1. The molecule has 1 spiro atoms. The number of nitrogens with one attached hydrogen (secondary N) is 2. The van der Waals surface area contributed by atoms with Gasteiger partial charge in [0.2, 0.25) is 0 Å². The maximum absolute atomic E-state index is 12.5. The standard InChI is InChI=1S/C16H22N4O2/c1-17-14(21)13-3-2-12(10-19-13)15(22)20-8-5-16(6-9-20)4-7-18-11-16/h2-3,10,18H,4-9,11H2,1H3,(H,17,21). The lowest BCUT2D eigenvalue weighted by Gasteiger charge is -2.38. The van der Waals surface area contributed by atoms with Gasteiger partial charge in [0.05, 0.1) is 5.56 Å². The Morgan fingerprint density at radius 2 is 2.05 bits per heavy atom. The molecule has 3 heterocycles. The number of piperidine rings is 1. The minimum absolute atomic E-state index is 0.0109. The summed E-state index contributed by atoms with van der Waals surface area (Å²) in [5.41, 5.74) is 1.28. The number of aromatic nitrogens is 1. The molecule has 1 aromatic rings. The zero-order valence-electron chi connectivity index (χ0n) is 12.9. The topological polar surface area (TPSA) is 74.3 Å². The number of amides is 2. The van der Waals surface area contributed by atoms with Gasteiger partial charge in [-0.1, -0.05) is 0 Å². The van der Waals surface area contributed by atoms with Gasteiger partial charge in [0.15, 0.2) is 0 Å². The molecule has 0 saturated carbocycles. The highest BCUT2D eigenvalue weighted by molar-refractivity contribution is 5.96. The maximum atomic E-state index is 12.5. The average molecular weight is 302 g/mol. The van der Waals surface area contributed by atoms with Crippen LogP contribution < -0.4 is 10.6 Å². The quantitative estimate of drug-likeness (QED) is 0.841. The fourth-order valence-electron chi connectivity index (χ4n) is 3.37. The molecule has 2 N–H and O–H groups in total. The van der Waals surface area contributed by atoms with Crippen molar-refractivity contribution in [2.75, 3.05) is 33.2 Å². The molecule has 2 aliphatic rings. The highest BCUT2D eigenvalue weighted by Crippen LogP contribution is 2.37. The highest BCUT2D eigenvalue weighted by atomic mass is 16.2. The Kier molecular flexibility index (Phi) is 4.11. The second-order valence-corrected chi connectivity index (χ2v) is 6.23. The zero-order valence-corrected chi connectivity index (χ0v) is 12.9. The summed E-state index contributed by atoms with van der Waals surface area (Å²) in [6.45, 7) is 3.78. The maximum Gasteiger partial charge on any atom is 0.269 e. The van der Waals surface area contributed by atoms with Gasteiger partial charge < -0.3 is 15.5 Å². The van der Waals surface area contributed by atoms with E-state index in [4.69, 9.17) is 0 Å². The Labute approximate surface area is 130 Å². The molecule has 2 aliphatic heterocycles. The van der Waals surface area contributed by atoms with Crippen LogP contribution in [-0.4, -0.2) is 54.9 Å². The van der Waals surface area contributed by atoms with Crippen LogP contribution in [0.5, 0.6) is 0 Å². The highest BCUT2D eigenvalue weighted by Gasteiger charge is 2.38. The molecule has 118 valence electrons. The molecule has 1 aromatic heterocycles. The third-order valence-corrected chi connectivity index (χ3v) is 4.91. The number of rotatable bonds is 2. The molecule has 0 bridgehead atoms. The minimum Gasteiger partial charge on any atom is -0.354 e.